The predicted molar refractivity (Wildman–Crippen MR) is 58.4 cm³/mol. The highest BCUT2D eigenvalue weighted by atomic mass is 16.3. The summed E-state index contributed by atoms with van der Waals surface area (Å²) in [6, 6.07) is 12.0. The Bertz CT molecular complexity index is 178. The van der Waals surface area contributed by atoms with Crippen LogP contribution in [0.25, 0.3) is 0 Å². The third-order valence-corrected chi connectivity index (χ3v) is 0.667. The molecule has 0 bridgehead atoms. The smallest absolute Gasteiger partial charge is 0.183 e. The second-order valence-corrected chi connectivity index (χ2v) is 2.66. The third kappa shape index (κ3) is 47.1. The molecule has 1 rings (SSSR count). The summed E-state index contributed by atoms with van der Waals surface area (Å²) < 4.78 is 0. The molecule has 0 aromatic heterocycles. The maximum atomic E-state index is 9.53. The molecule has 4 heteroatoms. The minimum absolute atomic E-state index is 0.333. The van der Waals surface area contributed by atoms with Gasteiger partial charge in [0.25, 0.3) is 0 Å². The lowest BCUT2D eigenvalue weighted by molar-refractivity contribution is 0.122. The van der Waals surface area contributed by atoms with E-state index < -0.39 is 6.10 Å². The number of rotatable bonds is 0. The Morgan fingerprint density at radius 2 is 1.07 bits per heavy atom. The highest BCUT2D eigenvalue weighted by Crippen LogP contribution is 1.79. The van der Waals surface area contributed by atoms with Crippen molar-refractivity contribution in [2.45, 2.75) is 20.0 Å². The van der Waals surface area contributed by atoms with Crippen LogP contribution in [0.1, 0.15) is 13.8 Å². The molecule has 1 radical (unpaired) electrons. The van der Waals surface area contributed by atoms with Gasteiger partial charge in [-0.05, 0) is 13.8 Å². The molecule has 1 aromatic rings. The van der Waals surface area contributed by atoms with Crippen LogP contribution in [0.5, 0.6) is 0 Å². The zero-order valence-electron chi connectivity index (χ0n) is 8.60. The molecule has 0 saturated heterocycles. The van der Waals surface area contributed by atoms with E-state index in [-0.39, 0.29) is 5.96 Å². The van der Waals surface area contributed by atoms with Crippen LogP contribution >= 0.6 is 0 Å². The fourth-order valence-electron chi connectivity index (χ4n) is 0.385. The molecule has 0 aliphatic carbocycles. The molecule has 4 nitrogen and oxygen atoms in total. The van der Waals surface area contributed by atoms with Crippen molar-refractivity contribution < 1.29 is 5.11 Å². The molecule has 0 unspecified atom stereocenters. The summed E-state index contributed by atoms with van der Waals surface area (Å²) in [4.78, 5) is 0. The van der Waals surface area contributed by atoms with Gasteiger partial charge in [0.1, 0.15) is 0 Å². The molecule has 0 spiro atoms. The minimum Gasteiger partial charge on any atom is -0.370 e. The number of nitrogens with two attached hydrogens (primary N) is 2. The molecule has 0 heterocycles. The van der Waals surface area contributed by atoms with Crippen LogP contribution in [0.3, 0.4) is 0 Å². The van der Waals surface area contributed by atoms with Gasteiger partial charge in [0.05, 0.1) is 6.10 Å². The average Bonchev–Trinajstić information content (AvgIpc) is 2.05. The first-order chi connectivity index (χ1) is 6.46. The summed E-state index contributed by atoms with van der Waals surface area (Å²) in [6.45, 7) is 3.22. The Kier molecular flexibility index (Phi) is 12.2. The van der Waals surface area contributed by atoms with Crippen LogP contribution in [0.15, 0.2) is 36.4 Å². The number of hydrogen-bond acceptors (Lipinski definition) is 1. The van der Waals surface area contributed by atoms with Gasteiger partial charge in [0, 0.05) is 0 Å². The lowest BCUT2D eigenvalue weighted by Gasteiger charge is -1.74. The van der Waals surface area contributed by atoms with Crippen molar-refractivity contribution in [1.29, 1.82) is 5.41 Å². The molecule has 0 saturated carbocycles. The Balaban J connectivity index is 0. The zero-order chi connectivity index (χ0) is 11.4. The molecule has 14 heavy (non-hydrogen) atoms. The van der Waals surface area contributed by atoms with Gasteiger partial charge >= 0.3 is 0 Å². The highest BCUT2D eigenvalue weighted by Gasteiger charge is 1.73. The van der Waals surface area contributed by atoms with Crippen molar-refractivity contribution in [1.82, 2.24) is 0 Å². The summed E-state index contributed by atoms with van der Waals surface area (Å²) in [5.74, 6) is -0.333. The maximum absolute atomic E-state index is 9.53. The van der Waals surface area contributed by atoms with Gasteiger partial charge in [0.2, 0.25) is 0 Å². The fourth-order valence-corrected chi connectivity index (χ4v) is 0.385. The van der Waals surface area contributed by atoms with Crippen LogP contribution in [0, 0.1) is 5.41 Å². The largest absolute Gasteiger partial charge is 0.370 e. The normalized spacial score (nSPS) is 7.71. The van der Waals surface area contributed by atoms with Gasteiger partial charge in [-0.1, -0.05) is 36.4 Å². The molecule has 5 N–H and O–H groups in total. The van der Waals surface area contributed by atoms with Crippen LogP contribution < -0.4 is 11.5 Å². The van der Waals surface area contributed by atoms with Crippen molar-refractivity contribution in [3.63, 3.8) is 0 Å². The quantitative estimate of drug-likeness (QED) is 0.431. The van der Waals surface area contributed by atoms with Crippen molar-refractivity contribution in [3.8, 4) is 0 Å². The van der Waals surface area contributed by atoms with Gasteiger partial charge in [-0.2, -0.15) is 0 Å². The van der Waals surface area contributed by atoms with Crippen LogP contribution in [-0.4, -0.2) is 12.1 Å². The second kappa shape index (κ2) is 11.4. The highest BCUT2D eigenvalue weighted by molar-refractivity contribution is 5.71. The summed E-state index contributed by atoms with van der Waals surface area (Å²) in [5.41, 5.74) is 8.94. The number of hydrogen-bond donors (Lipinski definition) is 3. The summed E-state index contributed by atoms with van der Waals surface area (Å²) in [5, 5.41) is 15.6. The standard InChI is InChI=1S/C6H6.C3H7O.CH5N3/c1-2-4-6-5-3-1;1-3(2)4;2-1(3)4/h1-6H;3H,1-2H3;(H5,2,3,4). The first-order valence-electron chi connectivity index (χ1n) is 4.22. The Labute approximate surface area is 85.1 Å². The van der Waals surface area contributed by atoms with E-state index in [1.807, 2.05) is 36.4 Å². The Morgan fingerprint density at radius 1 is 1.00 bits per heavy atom. The van der Waals surface area contributed by atoms with Crippen molar-refractivity contribution >= 4 is 5.96 Å². The monoisotopic (exact) mass is 196 g/mol. The molecular formula is C10H18N3O. The van der Waals surface area contributed by atoms with Gasteiger partial charge in [0.15, 0.2) is 5.96 Å². The minimum atomic E-state index is -0.417. The molecule has 0 atom stereocenters. The molecule has 0 fully saturated rings. The molecule has 0 aliphatic rings. The Morgan fingerprint density at radius 3 is 1.14 bits per heavy atom. The Hall–Kier alpha value is -1.55. The van der Waals surface area contributed by atoms with Crippen molar-refractivity contribution in [3.05, 3.63) is 36.4 Å². The van der Waals surface area contributed by atoms with Gasteiger partial charge in [-0.25, -0.2) is 5.11 Å². The van der Waals surface area contributed by atoms with E-state index in [2.05, 4.69) is 11.5 Å². The van der Waals surface area contributed by atoms with Gasteiger partial charge in [-0.3, -0.25) is 5.41 Å². The maximum Gasteiger partial charge on any atom is 0.183 e. The average molecular weight is 196 g/mol. The van der Waals surface area contributed by atoms with E-state index in [1.54, 1.807) is 13.8 Å². The van der Waals surface area contributed by atoms with Crippen LogP contribution in [0.4, 0.5) is 0 Å². The van der Waals surface area contributed by atoms with Crippen molar-refractivity contribution in [2.75, 3.05) is 0 Å². The first kappa shape index (κ1) is 14.9. The van der Waals surface area contributed by atoms with Crippen LogP contribution in [0.2, 0.25) is 0 Å². The summed E-state index contributed by atoms with van der Waals surface area (Å²) >= 11 is 0. The van der Waals surface area contributed by atoms with E-state index in [0.29, 0.717) is 0 Å². The fraction of sp³-hybridized carbons (Fsp3) is 0.300. The summed E-state index contributed by atoms with van der Waals surface area (Å²) in [6.07, 6.45) is -0.417. The number of guanidine groups is 1. The SMILES string of the molecule is CC(C)[O].N=C(N)N.c1ccccc1. The lowest BCUT2D eigenvalue weighted by atomic mass is 10.4. The zero-order valence-corrected chi connectivity index (χ0v) is 8.60. The first-order valence-corrected chi connectivity index (χ1v) is 4.22. The van der Waals surface area contributed by atoms with E-state index in [4.69, 9.17) is 5.41 Å². The number of benzene rings is 1. The van der Waals surface area contributed by atoms with Crippen LogP contribution in [-0.2, 0) is 5.11 Å². The molecular weight excluding hydrogens is 178 g/mol. The van der Waals surface area contributed by atoms with Gasteiger partial charge in [-0.15, -0.1) is 0 Å². The predicted octanol–water partition coefficient (Wildman–Crippen LogP) is 1.35. The molecule has 1 aromatic carbocycles. The molecule has 0 amide bonds. The van der Waals surface area contributed by atoms with E-state index in [9.17, 15) is 5.11 Å². The topological polar surface area (TPSA) is 95.8 Å². The van der Waals surface area contributed by atoms with E-state index in [0.717, 1.165) is 0 Å². The summed E-state index contributed by atoms with van der Waals surface area (Å²) in [7, 11) is 0. The van der Waals surface area contributed by atoms with Crippen molar-refractivity contribution in [2.24, 2.45) is 11.5 Å². The van der Waals surface area contributed by atoms with Gasteiger partial charge < -0.3 is 11.5 Å². The van der Waals surface area contributed by atoms with E-state index >= 15 is 0 Å². The lowest BCUT2D eigenvalue weighted by Crippen LogP contribution is -2.20. The molecule has 0 aliphatic heterocycles. The number of nitrogens with one attached hydrogen (secondary N) is 1. The van der Waals surface area contributed by atoms with E-state index in [1.165, 1.54) is 0 Å². The molecule has 79 valence electrons. The third-order valence-electron chi connectivity index (χ3n) is 0.667. The second-order valence-electron chi connectivity index (χ2n) is 2.66.